The fourth-order valence-corrected chi connectivity index (χ4v) is 5.37. The molecule has 1 aliphatic rings. The number of nitrogens with zero attached hydrogens (tertiary/aromatic N) is 1. The van der Waals surface area contributed by atoms with Crippen LogP contribution < -0.4 is 15.8 Å². The first-order valence-corrected chi connectivity index (χ1v) is 14.8. The zero-order chi connectivity index (χ0) is 31.0. The second kappa shape index (κ2) is 14.3. The molecule has 0 radical (unpaired) electrons. The van der Waals surface area contributed by atoms with Gasteiger partial charge in [-0.15, -0.1) is 0 Å². The zero-order valence-electron chi connectivity index (χ0n) is 23.6. The number of phosphoric ester groups is 1. The number of phosphoric acid groups is 1. The van der Waals surface area contributed by atoms with Crippen molar-refractivity contribution in [3.8, 4) is 5.75 Å². The number of nitrogens with one attached hydrogen (secondary N) is 1. The topological polar surface area (TPSA) is 171 Å². The van der Waals surface area contributed by atoms with Crippen LogP contribution in [-0.2, 0) is 39.2 Å². The summed E-state index contributed by atoms with van der Waals surface area (Å²) in [5.41, 5.74) is -0.627. The molecule has 2 heterocycles. The molecule has 4 rings (SSSR count). The average molecular weight is 619 g/mol. The third-order valence-electron chi connectivity index (χ3n) is 6.30. The van der Waals surface area contributed by atoms with Crippen molar-refractivity contribution < 1.29 is 46.7 Å². The van der Waals surface area contributed by atoms with E-state index < -0.39 is 55.7 Å². The van der Waals surface area contributed by atoms with E-state index in [1.54, 1.807) is 44.2 Å². The van der Waals surface area contributed by atoms with Gasteiger partial charge in [-0.3, -0.25) is 23.4 Å². The largest absolute Gasteiger partial charge is 0.530 e. The summed E-state index contributed by atoms with van der Waals surface area (Å²) in [6, 6.07) is 15.3. The molecule has 0 spiro atoms. The molecule has 1 saturated heterocycles. The maximum atomic E-state index is 13.7. The van der Waals surface area contributed by atoms with Crippen LogP contribution in [0, 0.1) is 0 Å². The molecule has 0 saturated carbocycles. The first-order valence-electron chi connectivity index (χ1n) is 13.3. The van der Waals surface area contributed by atoms with Crippen LogP contribution in [0.3, 0.4) is 0 Å². The Balaban J connectivity index is 1.59. The van der Waals surface area contributed by atoms with Gasteiger partial charge in [-0.05, 0) is 43.2 Å². The quantitative estimate of drug-likeness (QED) is 0.229. The summed E-state index contributed by atoms with van der Waals surface area (Å²) in [6.45, 7) is 3.53. The molecule has 1 aromatic heterocycles. The van der Waals surface area contributed by atoms with Crippen molar-refractivity contribution in [3.05, 3.63) is 98.8 Å². The maximum Gasteiger partial charge on any atom is 0.530 e. The lowest BCUT2D eigenvalue weighted by Gasteiger charge is -2.27. The summed E-state index contributed by atoms with van der Waals surface area (Å²) >= 11 is 0. The third kappa shape index (κ3) is 7.99. The van der Waals surface area contributed by atoms with Crippen LogP contribution in [0.5, 0.6) is 5.75 Å². The van der Waals surface area contributed by atoms with E-state index in [2.05, 4.69) is 4.98 Å². The molecule has 14 nitrogen and oxygen atoms in total. The summed E-state index contributed by atoms with van der Waals surface area (Å²) in [6.07, 6.45) is -3.97. The molecule has 1 aliphatic heterocycles. The highest BCUT2D eigenvalue weighted by Gasteiger charge is 2.52. The van der Waals surface area contributed by atoms with Gasteiger partial charge in [0.15, 0.2) is 12.3 Å². The number of aromatic nitrogens is 2. The fraction of sp³-hybridized carbons (Fsp3) is 0.357. The van der Waals surface area contributed by atoms with Crippen LogP contribution in [0.25, 0.3) is 0 Å². The average Bonchev–Trinajstić information content (AvgIpc) is 3.33. The molecule has 3 aromatic rings. The highest BCUT2D eigenvalue weighted by Crippen LogP contribution is 2.53. The van der Waals surface area contributed by atoms with Crippen LogP contribution in [0.1, 0.15) is 42.4 Å². The van der Waals surface area contributed by atoms with Crippen LogP contribution in [0.2, 0.25) is 0 Å². The first-order chi connectivity index (χ1) is 20.7. The minimum Gasteiger partial charge on any atom is -0.451 e. The number of rotatable bonds is 12. The van der Waals surface area contributed by atoms with Crippen LogP contribution in [0.4, 0.5) is 4.79 Å². The number of benzene rings is 2. The summed E-state index contributed by atoms with van der Waals surface area (Å²) in [4.78, 5) is 51.0. The standard InChI is InChI=1S/C28H31N2O12P/c1-4-21-23(42-43(35,36-3)41-20-13-11-18(12-14-20)17-38-28(34)37-5-2)24(40-26(32)19-9-7-6-8-10-19)25(39-21)30-16-15-22(31)29-27(30)33/h6-16,21,23-25H,4-5,17H2,1-3H3,(H,29,31,33)/t21-,23?,24?,25-,43?/m1/s1. The van der Waals surface area contributed by atoms with Crippen LogP contribution in [-0.4, -0.2) is 53.7 Å². The monoisotopic (exact) mass is 618 g/mol. The molecule has 43 heavy (non-hydrogen) atoms. The highest BCUT2D eigenvalue weighted by atomic mass is 31.2. The second-order valence-electron chi connectivity index (χ2n) is 9.13. The molecule has 1 N–H and O–H groups in total. The minimum absolute atomic E-state index is 0.0604. The molecule has 230 valence electrons. The lowest BCUT2D eigenvalue weighted by atomic mass is 10.1. The minimum atomic E-state index is -4.39. The SMILES string of the molecule is CCOC(=O)OCc1ccc(OP(=O)(OC)OC2C(OC(=O)c3ccccc3)[C@H](n3ccc(=O)[nH]c3=O)O[C@@H]2CC)cc1. The smallest absolute Gasteiger partial charge is 0.451 e. The van der Waals surface area contributed by atoms with Gasteiger partial charge >= 0.3 is 25.6 Å². The van der Waals surface area contributed by atoms with Crippen molar-refractivity contribution in [2.24, 2.45) is 0 Å². The molecule has 1 fully saturated rings. The van der Waals surface area contributed by atoms with Crippen molar-refractivity contribution in [2.45, 2.75) is 51.4 Å². The third-order valence-corrected chi connectivity index (χ3v) is 7.68. The fourth-order valence-electron chi connectivity index (χ4n) is 4.24. The highest BCUT2D eigenvalue weighted by molar-refractivity contribution is 7.48. The number of ether oxygens (including phenoxy) is 4. The van der Waals surface area contributed by atoms with Gasteiger partial charge in [-0.1, -0.05) is 37.3 Å². The van der Waals surface area contributed by atoms with Crippen LogP contribution >= 0.6 is 7.82 Å². The van der Waals surface area contributed by atoms with Gasteiger partial charge in [0.25, 0.3) is 5.56 Å². The summed E-state index contributed by atoms with van der Waals surface area (Å²) in [5.74, 6) is -0.654. The Hall–Kier alpha value is -4.23. The first kappa shape index (κ1) is 31.7. The van der Waals surface area contributed by atoms with Crippen molar-refractivity contribution in [1.82, 2.24) is 9.55 Å². The predicted molar refractivity (Wildman–Crippen MR) is 150 cm³/mol. The van der Waals surface area contributed by atoms with Gasteiger partial charge < -0.3 is 23.5 Å². The van der Waals surface area contributed by atoms with Crippen LogP contribution in [0.15, 0.2) is 76.4 Å². The van der Waals surface area contributed by atoms with Gasteiger partial charge in [-0.2, -0.15) is 0 Å². The maximum absolute atomic E-state index is 13.7. The lowest BCUT2D eigenvalue weighted by molar-refractivity contribution is -0.0518. The van der Waals surface area contributed by atoms with E-state index in [9.17, 15) is 23.7 Å². The Morgan fingerprint density at radius 2 is 1.70 bits per heavy atom. The second-order valence-corrected chi connectivity index (χ2v) is 10.8. The summed E-state index contributed by atoms with van der Waals surface area (Å²) in [5, 5.41) is 0. The molecular weight excluding hydrogens is 587 g/mol. The number of H-pyrrole nitrogens is 1. The molecular formula is C28H31N2O12P. The normalized spacial score (nSPS) is 21.0. The number of hydrogen-bond donors (Lipinski definition) is 1. The number of aromatic amines is 1. The van der Waals surface area contributed by atoms with Crippen molar-refractivity contribution >= 4 is 19.9 Å². The molecule has 0 aliphatic carbocycles. The van der Waals surface area contributed by atoms with Gasteiger partial charge in [0.1, 0.15) is 18.5 Å². The zero-order valence-corrected chi connectivity index (χ0v) is 24.5. The van der Waals surface area contributed by atoms with Crippen molar-refractivity contribution in [2.75, 3.05) is 13.7 Å². The van der Waals surface area contributed by atoms with E-state index in [1.165, 1.54) is 30.5 Å². The number of hydrogen-bond acceptors (Lipinski definition) is 12. The van der Waals surface area contributed by atoms with E-state index in [0.29, 0.717) is 5.56 Å². The Morgan fingerprint density at radius 3 is 2.33 bits per heavy atom. The summed E-state index contributed by atoms with van der Waals surface area (Å²) < 4.78 is 53.0. The Bertz CT molecular complexity index is 1560. The molecule has 5 atom stereocenters. The number of esters is 1. The Labute approximate surface area is 246 Å². The Morgan fingerprint density at radius 1 is 0.977 bits per heavy atom. The van der Waals surface area contributed by atoms with E-state index in [0.717, 1.165) is 17.7 Å². The van der Waals surface area contributed by atoms with Gasteiger partial charge in [0.2, 0.25) is 0 Å². The predicted octanol–water partition coefficient (Wildman–Crippen LogP) is 3.96. The Kier molecular flexibility index (Phi) is 10.5. The van der Waals surface area contributed by atoms with E-state index in [1.807, 2.05) is 0 Å². The van der Waals surface area contributed by atoms with Gasteiger partial charge in [0, 0.05) is 19.4 Å². The van der Waals surface area contributed by atoms with Crippen molar-refractivity contribution in [3.63, 3.8) is 0 Å². The lowest BCUT2D eigenvalue weighted by Crippen LogP contribution is -2.41. The van der Waals surface area contributed by atoms with E-state index in [4.69, 9.17) is 32.5 Å². The van der Waals surface area contributed by atoms with E-state index in [-0.39, 0.29) is 30.9 Å². The summed E-state index contributed by atoms with van der Waals surface area (Å²) in [7, 11) is -3.27. The molecule has 15 heteroatoms. The molecule has 0 bridgehead atoms. The van der Waals surface area contributed by atoms with E-state index >= 15 is 0 Å². The van der Waals surface area contributed by atoms with Crippen molar-refractivity contribution in [1.29, 1.82) is 0 Å². The number of carbonyl (C=O) groups is 2. The molecule has 0 amide bonds. The van der Waals surface area contributed by atoms with Gasteiger partial charge in [-0.25, -0.2) is 18.9 Å². The number of carbonyl (C=O) groups excluding carboxylic acids is 2. The van der Waals surface area contributed by atoms with Gasteiger partial charge in [0.05, 0.1) is 18.3 Å². The molecule has 3 unspecified atom stereocenters. The molecule has 2 aromatic carbocycles.